The van der Waals surface area contributed by atoms with Crippen LogP contribution in [0.2, 0.25) is 10.0 Å². The number of aliphatic imine (C=N–C) groups is 1. The number of carbonyl (C=O) groups excluding carboxylic acids is 1. The first-order valence-electron chi connectivity index (χ1n) is 6.25. The highest BCUT2D eigenvalue weighted by atomic mass is 35.5. The zero-order valence-electron chi connectivity index (χ0n) is 11.3. The van der Waals surface area contributed by atoms with Gasteiger partial charge in [0.05, 0.1) is 27.3 Å². The van der Waals surface area contributed by atoms with Gasteiger partial charge in [0.15, 0.2) is 0 Å². The van der Waals surface area contributed by atoms with Gasteiger partial charge in [0, 0.05) is 5.56 Å². The minimum Gasteiger partial charge on any atom is -0.386 e. The van der Waals surface area contributed by atoms with Gasteiger partial charge in [0.2, 0.25) is 0 Å². The standard InChI is InChI=1S/C15H12Cl3N3O/c16-8-14(19)20-12-7-13(11(18)6-10(12)17)21-15(22)9-4-2-1-3-5-9/h1-7H,8H2,(H2,19,20)(H,21,22). The summed E-state index contributed by atoms with van der Waals surface area (Å²) in [6.45, 7) is 0. The average molecular weight is 357 g/mol. The van der Waals surface area contributed by atoms with Crippen LogP contribution >= 0.6 is 34.8 Å². The van der Waals surface area contributed by atoms with Crippen molar-refractivity contribution in [2.75, 3.05) is 11.2 Å². The maximum Gasteiger partial charge on any atom is 0.255 e. The molecule has 0 aliphatic rings. The summed E-state index contributed by atoms with van der Waals surface area (Å²) in [5, 5.41) is 3.33. The molecule has 3 N–H and O–H groups in total. The highest BCUT2D eigenvalue weighted by Gasteiger charge is 2.11. The van der Waals surface area contributed by atoms with Crippen molar-refractivity contribution in [3.63, 3.8) is 0 Å². The third kappa shape index (κ3) is 4.13. The Labute approximate surface area is 142 Å². The molecule has 0 radical (unpaired) electrons. The van der Waals surface area contributed by atoms with Crippen LogP contribution < -0.4 is 11.1 Å². The maximum atomic E-state index is 12.2. The number of amidine groups is 1. The van der Waals surface area contributed by atoms with Crippen molar-refractivity contribution in [3.05, 3.63) is 58.1 Å². The lowest BCUT2D eigenvalue weighted by atomic mass is 10.2. The van der Waals surface area contributed by atoms with Gasteiger partial charge in [0.1, 0.15) is 5.84 Å². The van der Waals surface area contributed by atoms with Crippen LogP contribution in [0.3, 0.4) is 0 Å². The number of nitrogens with two attached hydrogens (primary N) is 1. The normalized spacial score (nSPS) is 11.3. The van der Waals surface area contributed by atoms with Crippen LogP contribution in [0.4, 0.5) is 11.4 Å². The minimum absolute atomic E-state index is 0.0741. The van der Waals surface area contributed by atoms with Gasteiger partial charge in [-0.05, 0) is 24.3 Å². The van der Waals surface area contributed by atoms with E-state index in [1.807, 2.05) is 6.07 Å². The Hall–Kier alpha value is -1.75. The highest BCUT2D eigenvalue weighted by molar-refractivity contribution is 6.38. The Morgan fingerprint density at radius 2 is 1.82 bits per heavy atom. The number of halogens is 3. The molecule has 0 atom stereocenters. The van der Waals surface area contributed by atoms with Gasteiger partial charge in [0.25, 0.3) is 5.91 Å². The second-order valence-electron chi connectivity index (χ2n) is 4.34. The number of benzene rings is 2. The van der Waals surface area contributed by atoms with Gasteiger partial charge in [-0.25, -0.2) is 4.99 Å². The summed E-state index contributed by atoms with van der Waals surface area (Å²) in [7, 11) is 0. The Morgan fingerprint density at radius 1 is 1.14 bits per heavy atom. The molecule has 0 bridgehead atoms. The van der Waals surface area contributed by atoms with Crippen molar-refractivity contribution in [2.24, 2.45) is 10.7 Å². The molecular formula is C15H12Cl3N3O. The molecule has 7 heteroatoms. The van der Waals surface area contributed by atoms with E-state index >= 15 is 0 Å². The Morgan fingerprint density at radius 3 is 2.45 bits per heavy atom. The molecule has 0 spiro atoms. The topological polar surface area (TPSA) is 67.5 Å². The van der Waals surface area contributed by atoms with Gasteiger partial charge < -0.3 is 11.1 Å². The van der Waals surface area contributed by atoms with E-state index in [0.29, 0.717) is 27.0 Å². The van der Waals surface area contributed by atoms with Crippen LogP contribution in [-0.4, -0.2) is 17.6 Å². The molecule has 1 amide bonds. The van der Waals surface area contributed by atoms with Crippen molar-refractivity contribution >= 4 is 57.9 Å². The lowest BCUT2D eigenvalue weighted by Gasteiger charge is -2.10. The predicted octanol–water partition coefficient (Wildman–Crippen LogP) is 4.47. The molecule has 4 nitrogen and oxygen atoms in total. The van der Waals surface area contributed by atoms with E-state index < -0.39 is 0 Å². The Bertz CT molecular complexity index is 717. The molecule has 22 heavy (non-hydrogen) atoms. The lowest BCUT2D eigenvalue weighted by molar-refractivity contribution is 0.102. The van der Waals surface area contributed by atoms with Crippen LogP contribution in [-0.2, 0) is 0 Å². The van der Waals surface area contributed by atoms with E-state index in [2.05, 4.69) is 10.3 Å². The molecular weight excluding hydrogens is 345 g/mol. The molecule has 0 aromatic heterocycles. The molecule has 0 heterocycles. The Balaban J connectivity index is 2.31. The smallest absolute Gasteiger partial charge is 0.255 e. The van der Waals surface area contributed by atoms with Gasteiger partial charge in [-0.15, -0.1) is 11.6 Å². The number of amides is 1. The number of carbonyl (C=O) groups is 1. The zero-order chi connectivity index (χ0) is 16.1. The molecule has 2 aromatic rings. The zero-order valence-corrected chi connectivity index (χ0v) is 13.6. The number of hydrogen-bond donors (Lipinski definition) is 2. The third-order valence-corrected chi connectivity index (χ3v) is 3.61. The first-order chi connectivity index (χ1) is 10.5. The van der Waals surface area contributed by atoms with Crippen LogP contribution in [0.15, 0.2) is 47.5 Å². The summed E-state index contributed by atoms with van der Waals surface area (Å²) in [5.74, 6) is 0.00119. The summed E-state index contributed by atoms with van der Waals surface area (Å²) in [6, 6.07) is 11.8. The van der Waals surface area contributed by atoms with Crippen molar-refractivity contribution in [3.8, 4) is 0 Å². The monoisotopic (exact) mass is 355 g/mol. The number of rotatable bonds is 4. The van der Waals surface area contributed by atoms with E-state index in [9.17, 15) is 4.79 Å². The molecule has 0 fully saturated rings. The summed E-state index contributed by atoms with van der Waals surface area (Å²) in [5.41, 5.74) is 6.88. The van der Waals surface area contributed by atoms with E-state index in [4.69, 9.17) is 40.5 Å². The number of nitrogens with one attached hydrogen (secondary N) is 1. The second-order valence-corrected chi connectivity index (χ2v) is 5.42. The quantitative estimate of drug-likeness (QED) is 0.482. The van der Waals surface area contributed by atoms with Gasteiger partial charge in [-0.2, -0.15) is 0 Å². The maximum absolute atomic E-state index is 12.2. The van der Waals surface area contributed by atoms with Crippen molar-refractivity contribution in [1.29, 1.82) is 0 Å². The largest absolute Gasteiger partial charge is 0.386 e. The highest BCUT2D eigenvalue weighted by Crippen LogP contribution is 2.34. The SMILES string of the molecule is NC(CCl)=Nc1cc(NC(=O)c2ccccc2)c(Cl)cc1Cl. The molecule has 2 rings (SSSR count). The average Bonchev–Trinajstić information content (AvgIpc) is 2.52. The molecule has 0 saturated carbocycles. The van der Waals surface area contributed by atoms with Crippen molar-refractivity contribution < 1.29 is 4.79 Å². The molecule has 2 aromatic carbocycles. The van der Waals surface area contributed by atoms with Crippen LogP contribution in [0.25, 0.3) is 0 Å². The van der Waals surface area contributed by atoms with E-state index in [0.717, 1.165) is 0 Å². The molecule has 114 valence electrons. The minimum atomic E-state index is -0.287. The van der Waals surface area contributed by atoms with Gasteiger partial charge >= 0.3 is 0 Å². The van der Waals surface area contributed by atoms with E-state index in [1.165, 1.54) is 6.07 Å². The van der Waals surface area contributed by atoms with Gasteiger partial charge in [-0.1, -0.05) is 41.4 Å². The summed E-state index contributed by atoms with van der Waals surface area (Å²) in [6.07, 6.45) is 0. The van der Waals surface area contributed by atoms with Crippen LogP contribution in [0.5, 0.6) is 0 Å². The lowest BCUT2D eigenvalue weighted by Crippen LogP contribution is -2.13. The summed E-state index contributed by atoms with van der Waals surface area (Å²) >= 11 is 17.7. The number of anilines is 1. The molecule has 0 aliphatic carbocycles. The fourth-order valence-electron chi connectivity index (χ4n) is 1.69. The summed E-state index contributed by atoms with van der Waals surface area (Å²) in [4.78, 5) is 16.2. The summed E-state index contributed by atoms with van der Waals surface area (Å²) < 4.78 is 0. The predicted molar refractivity (Wildman–Crippen MR) is 92.9 cm³/mol. The van der Waals surface area contributed by atoms with Crippen molar-refractivity contribution in [2.45, 2.75) is 0 Å². The first kappa shape index (κ1) is 16.6. The fourth-order valence-corrected chi connectivity index (χ4v) is 2.22. The third-order valence-electron chi connectivity index (χ3n) is 2.72. The number of alkyl halides is 1. The van der Waals surface area contributed by atoms with Crippen LogP contribution in [0.1, 0.15) is 10.4 Å². The van der Waals surface area contributed by atoms with E-state index in [-0.39, 0.29) is 17.6 Å². The van der Waals surface area contributed by atoms with Crippen molar-refractivity contribution in [1.82, 2.24) is 0 Å². The molecule has 0 saturated heterocycles. The number of nitrogens with zero attached hydrogens (tertiary/aromatic N) is 1. The Kier molecular flexibility index (Phi) is 5.66. The molecule has 0 aliphatic heterocycles. The number of hydrogen-bond acceptors (Lipinski definition) is 2. The van der Waals surface area contributed by atoms with Gasteiger partial charge in [-0.3, -0.25) is 4.79 Å². The van der Waals surface area contributed by atoms with E-state index in [1.54, 1.807) is 30.3 Å². The van der Waals surface area contributed by atoms with Crippen LogP contribution in [0, 0.1) is 0 Å². The first-order valence-corrected chi connectivity index (χ1v) is 7.54. The second kappa shape index (κ2) is 7.49. The molecule has 0 unspecified atom stereocenters. The fraction of sp³-hybridized carbons (Fsp3) is 0.0667.